The van der Waals surface area contributed by atoms with Gasteiger partial charge in [-0.15, -0.1) is 0 Å². The number of carbonyl (C=O) groups excluding carboxylic acids is 1. The lowest BCUT2D eigenvalue weighted by Gasteiger charge is -2.22. The molecule has 2 aliphatic heterocycles. The Kier molecular flexibility index (Phi) is 4.62. The third-order valence-electron chi connectivity index (χ3n) is 3.51. The van der Waals surface area contributed by atoms with Gasteiger partial charge in [-0.1, -0.05) is 0 Å². The fourth-order valence-corrected chi connectivity index (χ4v) is 2.37. The van der Waals surface area contributed by atoms with Crippen molar-refractivity contribution in [2.75, 3.05) is 46.4 Å². The summed E-state index contributed by atoms with van der Waals surface area (Å²) in [4.78, 5) is 16.1. The molecule has 2 aliphatic rings. The highest BCUT2D eigenvalue weighted by molar-refractivity contribution is 5.74. The highest BCUT2D eigenvalue weighted by atomic mass is 16.5. The van der Waals surface area contributed by atoms with Gasteiger partial charge in [0.15, 0.2) is 0 Å². The lowest BCUT2D eigenvalue weighted by Crippen LogP contribution is -2.44. The number of nitrogens with one attached hydrogen (secondary N) is 1. The van der Waals surface area contributed by atoms with Crippen LogP contribution in [0.3, 0.4) is 0 Å². The average Bonchev–Trinajstić information content (AvgIpc) is 2.74. The van der Waals surface area contributed by atoms with Crippen LogP contribution in [0.15, 0.2) is 0 Å². The number of carbonyl (C=O) groups is 1. The molecule has 1 N–H and O–H groups in total. The average molecular weight is 241 g/mol. The summed E-state index contributed by atoms with van der Waals surface area (Å²) in [5.74, 6) is 0. The van der Waals surface area contributed by atoms with E-state index in [1.807, 2.05) is 4.90 Å². The van der Waals surface area contributed by atoms with Crippen molar-refractivity contribution in [3.63, 3.8) is 0 Å². The molecule has 0 radical (unpaired) electrons. The quantitative estimate of drug-likeness (QED) is 0.766. The zero-order valence-corrected chi connectivity index (χ0v) is 10.7. The summed E-state index contributed by atoms with van der Waals surface area (Å²) in [5, 5.41) is 2.98. The van der Waals surface area contributed by atoms with E-state index in [1.54, 1.807) is 0 Å². The van der Waals surface area contributed by atoms with E-state index in [0.717, 1.165) is 52.0 Å². The molecule has 5 nitrogen and oxygen atoms in total. The molecule has 0 aromatic heterocycles. The number of nitrogens with zero attached hydrogens (tertiary/aromatic N) is 2. The third-order valence-corrected chi connectivity index (χ3v) is 3.51. The standard InChI is InChI=1S/C12H23N3O2/c1-14-5-3-6-15(8-7-14)12(16)13-10-11-4-2-9-17-11/h11H,2-10H2,1H3,(H,13,16)/t11-/m1/s1. The first-order valence-electron chi connectivity index (χ1n) is 6.58. The number of ether oxygens (including phenoxy) is 1. The zero-order valence-electron chi connectivity index (χ0n) is 10.7. The molecular formula is C12H23N3O2. The van der Waals surface area contributed by atoms with Crippen molar-refractivity contribution in [1.82, 2.24) is 15.1 Å². The first-order valence-corrected chi connectivity index (χ1v) is 6.58. The molecule has 2 heterocycles. The largest absolute Gasteiger partial charge is 0.376 e. The maximum atomic E-state index is 12.0. The summed E-state index contributed by atoms with van der Waals surface area (Å²) in [7, 11) is 2.10. The topological polar surface area (TPSA) is 44.8 Å². The van der Waals surface area contributed by atoms with Gasteiger partial charge in [0.25, 0.3) is 0 Å². The Morgan fingerprint density at radius 2 is 2.18 bits per heavy atom. The van der Waals surface area contributed by atoms with E-state index >= 15 is 0 Å². The predicted molar refractivity (Wildman–Crippen MR) is 66.1 cm³/mol. The normalized spacial score (nSPS) is 26.9. The maximum Gasteiger partial charge on any atom is 0.317 e. The number of rotatable bonds is 2. The minimum atomic E-state index is 0.0656. The van der Waals surface area contributed by atoms with E-state index < -0.39 is 0 Å². The highest BCUT2D eigenvalue weighted by Crippen LogP contribution is 2.10. The van der Waals surface area contributed by atoms with Crippen LogP contribution in [-0.2, 0) is 4.74 Å². The van der Waals surface area contributed by atoms with Crippen molar-refractivity contribution in [2.45, 2.75) is 25.4 Å². The Bertz CT molecular complexity index is 254. The van der Waals surface area contributed by atoms with Crippen molar-refractivity contribution in [3.05, 3.63) is 0 Å². The molecule has 1 atom stereocenters. The molecule has 0 bridgehead atoms. The van der Waals surface area contributed by atoms with Gasteiger partial charge < -0.3 is 19.9 Å². The Hall–Kier alpha value is -0.810. The van der Waals surface area contributed by atoms with Crippen LogP contribution >= 0.6 is 0 Å². The molecule has 5 heteroatoms. The summed E-state index contributed by atoms with van der Waals surface area (Å²) in [6, 6.07) is 0.0656. The smallest absolute Gasteiger partial charge is 0.317 e. The summed E-state index contributed by atoms with van der Waals surface area (Å²) in [5.41, 5.74) is 0. The molecule has 2 saturated heterocycles. The number of urea groups is 1. The van der Waals surface area contributed by atoms with Crippen molar-refractivity contribution in [3.8, 4) is 0 Å². The third kappa shape index (κ3) is 3.85. The van der Waals surface area contributed by atoms with Gasteiger partial charge in [0.1, 0.15) is 0 Å². The predicted octanol–water partition coefficient (Wildman–Crippen LogP) is 0.513. The Morgan fingerprint density at radius 3 is 2.94 bits per heavy atom. The first-order chi connectivity index (χ1) is 8.25. The van der Waals surface area contributed by atoms with E-state index in [1.165, 1.54) is 0 Å². The van der Waals surface area contributed by atoms with Gasteiger partial charge in [0, 0.05) is 32.8 Å². The molecule has 0 saturated carbocycles. The molecule has 2 amide bonds. The van der Waals surface area contributed by atoms with Crippen LogP contribution in [0.25, 0.3) is 0 Å². The van der Waals surface area contributed by atoms with Gasteiger partial charge in [-0.2, -0.15) is 0 Å². The van der Waals surface area contributed by atoms with Crippen molar-refractivity contribution >= 4 is 6.03 Å². The lowest BCUT2D eigenvalue weighted by molar-refractivity contribution is 0.109. The SMILES string of the molecule is CN1CCCN(C(=O)NC[C@H]2CCCO2)CC1. The number of likely N-dealkylation sites (N-methyl/N-ethyl adjacent to an activating group) is 1. The Balaban J connectivity index is 1.70. The first kappa shape index (κ1) is 12.6. The second-order valence-corrected chi connectivity index (χ2v) is 4.96. The van der Waals surface area contributed by atoms with Crippen molar-refractivity contribution in [2.24, 2.45) is 0 Å². The van der Waals surface area contributed by atoms with Crippen LogP contribution in [0.4, 0.5) is 4.79 Å². The number of hydrogen-bond acceptors (Lipinski definition) is 3. The van der Waals surface area contributed by atoms with Crippen LogP contribution in [0.5, 0.6) is 0 Å². The van der Waals surface area contributed by atoms with E-state index in [9.17, 15) is 4.79 Å². The highest BCUT2D eigenvalue weighted by Gasteiger charge is 2.20. The minimum Gasteiger partial charge on any atom is -0.376 e. The summed E-state index contributed by atoms with van der Waals surface area (Å²) < 4.78 is 5.49. The molecule has 2 fully saturated rings. The molecule has 98 valence electrons. The number of hydrogen-bond donors (Lipinski definition) is 1. The van der Waals surface area contributed by atoms with Crippen molar-refractivity contribution in [1.29, 1.82) is 0 Å². The Morgan fingerprint density at radius 1 is 1.29 bits per heavy atom. The molecule has 17 heavy (non-hydrogen) atoms. The van der Waals surface area contributed by atoms with Gasteiger partial charge in [0.05, 0.1) is 6.10 Å². The molecule has 0 unspecified atom stereocenters. The van der Waals surface area contributed by atoms with Crippen LogP contribution < -0.4 is 5.32 Å². The maximum absolute atomic E-state index is 12.0. The van der Waals surface area contributed by atoms with Gasteiger partial charge in [0.2, 0.25) is 0 Å². The fourth-order valence-electron chi connectivity index (χ4n) is 2.37. The monoisotopic (exact) mass is 241 g/mol. The summed E-state index contributed by atoms with van der Waals surface area (Å²) >= 11 is 0. The van der Waals surface area contributed by atoms with Crippen LogP contribution in [-0.4, -0.2) is 68.3 Å². The van der Waals surface area contributed by atoms with E-state index in [-0.39, 0.29) is 12.1 Å². The van der Waals surface area contributed by atoms with Crippen LogP contribution in [0, 0.1) is 0 Å². The van der Waals surface area contributed by atoms with Crippen LogP contribution in [0.2, 0.25) is 0 Å². The number of amides is 2. The molecular weight excluding hydrogens is 218 g/mol. The van der Waals surface area contributed by atoms with E-state index in [0.29, 0.717) is 6.54 Å². The van der Waals surface area contributed by atoms with Crippen LogP contribution in [0.1, 0.15) is 19.3 Å². The fraction of sp³-hybridized carbons (Fsp3) is 0.917. The summed E-state index contributed by atoms with van der Waals surface area (Å²) in [6.07, 6.45) is 3.48. The second kappa shape index (κ2) is 6.21. The second-order valence-electron chi connectivity index (χ2n) is 4.96. The lowest BCUT2D eigenvalue weighted by atomic mass is 10.2. The molecule has 2 rings (SSSR count). The van der Waals surface area contributed by atoms with Gasteiger partial charge in [-0.05, 0) is 32.9 Å². The Labute approximate surface area is 103 Å². The van der Waals surface area contributed by atoms with E-state index in [2.05, 4.69) is 17.3 Å². The van der Waals surface area contributed by atoms with E-state index in [4.69, 9.17) is 4.74 Å². The molecule has 0 spiro atoms. The summed E-state index contributed by atoms with van der Waals surface area (Å²) in [6.45, 7) is 5.23. The molecule has 0 aromatic rings. The minimum absolute atomic E-state index is 0.0656. The van der Waals surface area contributed by atoms with Gasteiger partial charge in [-0.25, -0.2) is 4.79 Å². The molecule has 0 aromatic carbocycles. The van der Waals surface area contributed by atoms with Gasteiger partial charge >= 0.3 is 6.03 Å². The molecule has 0 aliphatic carbocycles. The zero-order chi connectivity index (χ0) is 12.1. The van der Waals surface area contributed by atoms with Crippen molar-refractivity contribution < 1.29 is 9.53 Å². The van der Waals surface area contributed by atoms with Gasteiger partial charge in [-0.3, -0.25) is 0 Å².